The highest BCUT2D eigenvalue weighted by Gasteiger charge is 2.67. The van der Waals surface area contributed by atoms with Crippen LogP contribution in [0.4, 0.5) is 21.2 Å². The van der Waals surface area contributed by atoms with Crippen molar-refractivity contribution in [1.29, 1.82) is 0 Å². The molecule has 9 atom stereocenters. The highest BCUT2D eigenvalue weighted by molar-refractivity contribution is 6.72. The average Bonchev–Trinajstić information content (AvgIpc) is 3.55. The van der Waals surface area contributed by atoms with Crippen LogP contribution in [0.25, 0.3) is 0 Å². The molecule has 0 saturated carbocycles. The van der Waals surface area contributed by atoms with Gasteiger partial charge in [-0.1, -0.05) is 55.5 Å². The van der Waals surface area contributed by atoms with Gasteiger partial charge in [-0.2, -0.15) is 0 Å². The van der Waals surface area contributed by atoms with E-state index in [2.05, 4.69) is 5.32 Å². The lowest BCUT2D eigenvalue weighted by Crippen LogP contribution is -2.60. The van der Waals surface area contributed by atoms with E-state index in [0.717, 1.165) is 5.56 Å². The van der Waals surface area contributed by atoms with Crippen LogP contribution in [0.1, 0.15) is 24.5 Å². The fourth-order valence-corrected chi connectivity index (χ4v) is 10.4. The summed E-state index contributed by atoms with van der Waals surface area (Å²) in [6, 6.07) is 22.7. The van der Waals surface area contributed by atoms with Gasteiger partial charge in [0.05, 0.1) is 24.8 Å². The minimum atomic E-state index is -3.68. The molecule has 3 aromatic rings. The molecule has 52 heavy (non-hydrogen) atoms. The summed E-state index contributed by atoms with van der Waals surface area (Å²) in [6.45, 7) is 4.75. The van der Waals surface area contributed by atoms with Crippen LogP contribution < -0.4 is 10.2 Å². The minimum absolute atomic E-state index is 0.0429. The van der Waals surface area contributed by atoms with Crippen molar-refractivity contribution >= 4 is 43.2 Å². The van der Waals surface area contributed by atoms with Gasteiger partial charge in [0.2, 0.25) is 14.3 Å². The van der Waals surface area contributed by atoms with Crippen molar-refractivity contribution < 1.29 is 53.5 Å². The second-order valence-corrected chi connectivity index (χ2v) is 17.9. The smallest absolute Gasteiger partial charge is 0.268 e. The summed E-state index contributed by atoms with van der Waals surface area (Å²) in [5.74, 6) is -2.59. The quantitative estimate of drug-likeness (QED) is 0.133. The van der Waals surface area contributed by atoms with Gasteiger partial charge in [-0.3, -0.25) is 19.3 Å². The maximum Gasteiger partial charge on any atom is 0.268 e. The first-order chi connectivity index (χ1) is 24.7. The van der Waals surface area contributed by atoms with Crippen LogP contribution in [0.2, 0.25) is 18.6 Å². The van der Waals surface area contributed by atoms with Crippen molar-refractivity contribution in [3.05, 3.63) is 90.0 Å². The molecule has 3 heterocycles. The SMILES string of the molecule is C[C@@H]1[C@@H]([Si](C)(C)F)[C@H](CC(=O)N(CCO)Cc2ccccc2)O[C@@]12C(=O)N(c1ccccc1)c1ccc(NC(=O)[C@H]3O[C@@H](O)[C@H](O)[C@@H](O)[C@@H]3O)cc12. The number of amides is 3. The van der Waals surface area contributed by atoms with Crippen LogP contribution in [0.3, 0.4) is 0 Å². The lowest BCUT2D eigenvalue weighted by molar-refractivity contribution is -0.274. The third-order valence-electron chi connectivity index (χ3n) is 10.3. The number of anilines is 3. The monoisotopic (exact) mass is 737 g/mol. The molecule has 0 aromatic heterocycles. The number of halogens is 1. The average molecular weight is 738 g/mol. The summed E-state index contributed by atoms with van der Waals surface area (Å²) in [4.78, 5) is 45.0. The molecule has 3 aliphatic rings. The number of para-hydroxylation sites is 1. The summed E-state index contributed by atoms with van der Waals surface area (Å²) >= 11 is 0. The van der Waals surface area contributed by atoms with Gasteiger partial charge in [0, 0.05) is 41.5 Å². The Balaban J connectivity index is 1.38. The molecule has 0 aliphatic carbocycles. The zero-order valence-electron chi connectivity index (χ0n) is 29.0. The third-order valence-corrected chi connectivity index (χ3v) is 12.8. The Hall–Kier alpha value is -4.06. The largest absolute Gasteiger partial charge is 0.395 e. The fraction of sp³-hybridized carbons (Fsp3) is 0.432. The van der Waals surface area contributed by atoms with E-state index in [1.165, 1.54) is 35.0 Å². The molecule has 0 radical (unpaired) electrons. The van der Waals surface area contributed by atoms with Crippen molar-refractivity contribution in [2.24, 2.45) is 5.92 Å². The van der Waals surface area contributed by atoms with Gasteiger partial charge in [0.15, 0.2) is 18.0 Å². The van der Waals surface area contributed by atoms with Crippen LogP contribution in [-0.4, -0.2) is 107 Å². The fourth-order valence-electron chi connectivity index (χ4n) is 7.89. The maximum atomic E-state index is 16.5. The zero-order chi connectivity index (χ0) is 37.5. The Morgan fingerprint density at radius 1 is 0.962 bits per heavy atom. The molecule has 3 aliphatic heterocycles. The van der Waals surface area contributed by atoms with Gasteiger partial charge in [-0.25, -0.2) is 0 Å². The Bertz CT molecular complexity index is 1780. The molecular formula is C37H44FN3O10Si. The van der Waals surface area contributed by atoms with E-state index in [4.69, 9.17) is 9.47 Å². The first kappa shape index (κ1) is 37.7. The van der Waals surface area contributed by atoms with Gasteiger partial charge in [0.25, 0.3) is 11.8 Å². The molecular weight excluding hydrogens is 694 g/mol. The number of aliphatic hydroxyl groups excluding tert-OH is 5. The number of hydrogen-bond acceptors (Lipinski definition) is 10. The van der Waals surface area contributed by atoms with E-state index in [1.54, 1.807) is 43.3 Å². The van der Waals surface area contributed by atoms with Crippen LogP contribution in [0.15, 0.2) is 78.9 Å². The zero-order valence-corrected chi connectivity index (χ0v) is 30.0. The maximum absolute atomic E-state index is 16.5. The molecule has 6 rings (SSSR count). The molecule has 13 nitrogen and oxygen atoms in total. The summed E-state index contributed by atoms with van der Waals surface area (Å²) in [5, 5.41) is 52.8. The normalized spacial score (nSPS) is 30.0. The number of rotatable bonds is 10. The molecule has 2 fully saturated rings. The minimum Gasteiger partial charge on any atom is -0.395 e. The second kappa shape index (κ2) is 14.8. The van der Waals surface area contributed by atoms with E-state index >= 15 is 4.11 Å². The van der Waals surface area contributed by atoms with Crippen LogP contribution in [-0.2, 0) is 36.0 Å². The standard InChI is InChI=1S/C37H44FN3O10Si/c1-21-33(52(2,3)38)27(19-28(43)40(16-17-42)20-22-10-6-4-7-11-22)51-37(21)25-18-23(39-34(47)32-30(45)29(44)31(46)35(48)50-32)14-15-26(25)41(36(37)49)24-12-8-5-9-13-24/h4-15,18,21,27,29-33,35,42,44-46,48H,16-17,19-20H2,1-3H3,(H,39,47)/t21-,27+,29+,30+,31-,32+,33-,35-,37+/m1/s1. The summed E-state index contributed by atoms with van der Waals surface area (Å²) in [5.41, 5.74) is -0.370. The molecule has 15 heteroatoms. The number of carbonyl (C=O) groups excluding carboxylic acids is 3. The number of benzene rings is 3. The number of ether oxygens (including phenoxy) is 2. The number of nitrogens with one attached hydrogen (secondary N) is 1. The molecule has 2 saturated heterocycles. The van der Waals surface area contributed by atoms with E-state index < -0.39 is 74.1 Å². The van der Waals surface area contributed by atoms with Gasteiger partial charge < -0.3 is 49.3 Å². The lowest BCUT2D eigenvalue weighted by atomic mass is 9.82. The molecule has 3 amide bonds. The molecule has 0 unspecified atom stereocenters. The number of fused-ring (bicyclic) bond motifs is 2. The predicted octanol–water partition coefficient (Wildman–Crippen LogP) is 2.29. The Kier molecular flexibility index (Phi) is 10.7. The first-order valence-electron chi connectivity index (χ1n) is 17.2. The predicted molar refractivity (Wildman–Crippen MR) is 189 cm³/mol. The Labute approximate surface area is 301 Å². The summed E-state index contributed by atoms with van der Waals surface area (Å²) in [7, 11) is -3.68. The van der Waals surface area contributed by atoms with Gasteiger partial charge in [-0.15, -0.1) is 0 Å². The Morgan fingerprint density at radius 3 is 2.25 bits per heavy atom. The van der Waals surface area contributed by atoms with Crippen molar-refractivity contribution in [2.45, 2.75) is 80.9 Å². The van der Waals surface area contributed by atoms with Crippen molar-refractivity contribution in [3.8, 4) is 0 Å². The van der Waals surface area contributed by atoms with E-state index in [1.807, 2.05) is 30.3 Å². The van der Waals surface area contributed by atoms with Gasteiger partial charge in [-0.05, 0) is 49.0 Å². The van der Waals surface area contributed by atoms with Crippen LogP contribution >= 0.6 is 0 Å². The number of aliphatic hydroxyl groups is 5. The molecule has 3 aromatic carbocycles. The van der Waals surface area contributed by atoms with Crippen LogP contribution in [0, 0.1) is 5.92 Å². The number of carbonyl (C=O) groups is 3. The number of nitrogens with zero attached hydrogens (tertiary/aromatic N) is 2. The molecule has 278 valence electrons. The molecule has 0 bridgehead atoms. The van der Waals surface area contributed by atoms with Crippen molar-refractivity contribution in [3.63, 3.8) is 0 Å². The van der Waals surface area contributed by atoms with E-state index in [0.29, 0.717) is 16.9 Å². The molecule has 1 spiro atoms. The second-order valence-electron chi connectivity index (χ2n) is 14.1. The van der Waals surface area contributed by atoms with Crippen LogP contribution in [0.5, 0.6) is 0 Å². The summed E-state index contributed by atoms with van der Waals surface area (Å²) < 4.78 is 28.4. The third kappa shape index (κ3) is 6.78. The van der Waals surface area contributed by atoms with E-state index in [-0.39, 0.29) is 37.7 Å². The van der Waals surface area contributed by atoms with Gasteiger partial charge in [0.1, 0.15) is 18.3 Å². The highest BCUT2D eigenvalue weighted by atomic mass is 28.4. The van der Waals surface area contributed by atoms with Crippen molar-refractivity contribution in [2.75, 3.05) is 23.4 Å². The number of hydrogen-bond donors (Lipinski definition) is 6. The highest BCUT2D eigenvalue weighted by Crippen LogP contribution is 2.61. The topological polar surface area (TPSA) is 189 Å². The lowest BCUT2D eigenvalue weighted by Gasteiger charge is -2.37. The molecule has 6 N–H and O–H groups in total. The summed E-state index contributed by atoms with van der Waals surface area (Å²) in [6.07, 6.45) is -10.5. The van der Waals surface area contributed by atoms with Gasteiger partial charge >= 0.3 is 0 Å². The van der Waals surface area contributed by atoms with E-state index in [9.17, 15) is 39.9 Å². The Morgan fingerprint density at radius 2 is 1.62 bits per heavy atom. The first-order valence-corrected chi connectivity index (χ1v) is 20.2. The van der Waals surface area contributed by atoms with Crippen molar-refractivity contribution in [1.82, 2.24) is 4.90 Å².